The van der Waals surface area contributed by atoms with E-state index in [1.54, 1.807) is 10.6 Å². The number of nitrogens with one attached hydrogen (secondary N) is 1. The third-order valence-electron chi connectivity index (χ3n) is 4.48. The van der Waals surface area contributed by atoms with Gasteiger partial charge in [0.25, 0.3) is 0 Å². The number of nitrogens with zero attached hydrogens (tertiary/aromatic N) is 3. The summed E-state index contributed by atoms with van der Waals surface area (Å²) in [5.74, 6) is -0.523. The number of carbonyl (C=O) groups excluding carboxylic acids is 1. The zero-order valence-corrected chi connectivity index (χ0v) is 14.0. The van der Waals surface area contributed by atoms with Crippen LogP contribution in [0.1, 0.15) is 24.1 Å². The molecular weight excluding hydrogens is 333 g/mol. The summed E-state index contributed by atoms with van der Waals surface area (Å²) in [5.41, 5.74) is 2.15. The van der Waals surface area contributed by atoms with E-state index in [4.69, 9.17) is 0 Å². The van der Waals surface area contributed by atoms with Crippen molar-refractivity contribution in [3.05, 3.63) is 35.8 Å². The number of hydrogen-bond acceptors (Lipinski definition) is 3. The van der Waals surface area contributed by atoms with Gasteiger partial charge in [-0.1, -0.05) is 6.07 Å². The van der Waals surface area contributed by atoms with Crippen LogP contribution in [0.4, 0.5) is 13.2 Å². The van der Waals surface area contributed by atoms with E-state index in [-0.39, 0.29) is 12.5 Å². The zero-order valence-electron chi connectivity index (χ0n) is 14.0. The first kappa shape index (κ1) is 17.7. The molecule has 0 unspecified atom stereocenters. The van der Waals surface area contributed by atoms with Crippen LogP contribution < -0.4 is 5.32 Å². The third-order valence-corrected chi connectivity index (χ3v) is 4.48. The van der Waals surface area contributed by atoms with Gasteiger partial charge >= 0.3 is 6.18 Å². The number of aryl methyl sites for hydroxylation is 1. The standard InChI is InChI=1S/C17H21F3N4O/c1-12-3-2-8-23-10-13(22-16(12)23)9-15(25)24(11-17(18,19)20)14-4-6-21-7-5-14/h2-3,8,10,14,21H,4-7,9,11H2,1H3. The molecule has 1 aliphatic heterocycles. The molecule has 1 amide bonds. The second kappa shape index (κ2) is 7.03. The minimum Gasteiger partial charge on any atom is -0.330 e. The maximum atomic E-state index is 13.0. The van der Waals surface area contributed by atoms with Gasteiger partial charge in [-0.25, -0.2) is 4.98 Å². The van der Waals surface area contributed by atoms with Gasteiger partial charge in [0.05, 0.1) is 12.1 Å². The van der Waals surface area contributed by atoms with Crippen molar-refractivity contribution in [1.82, 2.24) is 19.6 Å². The second-order valence-electron chi connectivity index (χ2n) is 6.45. The van der Waals surface area contributed by atoms with Crippen LogP contribution in [0.5, 0.6) is 0 Å². The Morgan fingerprint density at radius 2 is 2.12 bits per heavy atom. The van der Waals surface area contributed by atoms with Crippen LogP contribution in [0.3, 0.4) is 0 Å². The average Bonchev–Trinajstić information content (AvgIpc) is 2.96. The number of amides is 1. The molecule has 2 aromatic heterocycles. The molecule has 3 rings (SSSR count). The highest BCUT2D eigenvalue weighted by atomic mass is 19.4. The number of pyridine rings is 1. The van der Waals surface area contributed by atoms with Crippen molar-refractivity contribution in [3.8, 4) is 0 Å². The number of halogens is 3. The first-order valence-corrected chi connectivity index (χ1v) is 8.33. The summed E-state index contributed by atoms with van der Waals surface area (Å²) in [5, 5.41) is 3.11. The Labute approximate surface area is 143 Å². The second-order valence-corrected chi connectivity index (χ2v) is 6.45. The van der Waals surface area contributed by atoms with Crippen LogP contribution in [-0.4, -0.2) is 52.0 Å². The van der Waals surface area contributed by atoms with Gasteiger partial charge in [0.1, 0.15) is 12.2 Å². The summed E-state index contributed by atoms with van der Waals surface area (Å²) in [6.45, 7) is 1.95. The van der Waals surface area contributed by atoms with Crippen molar-refractivity contribution < 1.29 is 18.0 Å². The van der Waals surface area contributed by atoms with Gasteiger partial charge in [0, 0.05) is 18.4 Å². The lowest BCUT2D eigenvalue weighted by molar-refractivity contribution is -0.166. The Bertz CT molecular complexity index is 750. The quantitative estimate of drug-likeness (QED) is 0.917. The zero-order chi connectivity index (χ0) is 18.0. The predicted molar refractivity (Wildman–Crippen MR) is 87.3 cm³/mol. The topological polar surface area (TPSA) is 49.6 Å². The fourth-order valence-electron chi connectivity index (χ4n) is 3.28. The Balaban J connectivity index is 1.79. The maximum absolute atomic E-state index is 13.0. The Kier molecular flexibility index (Phi) is 4.99. The van der Waals surface area contributed by atoms with E-state index in [1.807, 2.05) is 25.3 Å². The summed E-state index contributed by atoms with van der Waals surface area (Å²) in [7, 11) is 0. The highest BCUT2D eigenvalue weighted by Crippen LogP contribution is 2.22. The number of rotatable bonds is 4. The SMILES string of the molecule is Cc1cccn2cc(CC(=O)N(CC(F)(F)F)C3CCNCC3)nc12. The lowest BCUT2D eigenvalue weighted by atomic mass is 10.0. The number of fused-ring (bicyclic) bond motifs is 1. The van der Waals surface area contributed by atoms with Crippen LogP contribution in [0.2, 0.25) is 0 Å². The Hall–Kier alpha value is -2.09. The van der Waals surface area contributed by atoms with E-state index in [9.17, 15) is 18.0 Å². The van der Waals surface area contributed by atoms with Gasteiger partial charge in [-0.05, 0) is 44.5 Å². The van der Waals surface area contributed by atoms with Crippen LogP contribution in [0.25, 0.3) is 5.65 Å². The molecule has 0 bridgehead atoms. The molecular formula is C17H21F3N4O. The summed E-state index contributed by atoms with van der Waals surface area (Å²) >= 11 is 0. The molecule has 8 heteroatoms. The number of alkyl halides is 3. The molecule has 5 nitrogen and oxygen atoms in total. The lowest BCUT2D eigenvalue weighted by Crippen LogP contribution is -2.50. The van der Waals surface area contributed by atoms with Gasteiger partial charge in [-0.15, -0.1) is 0 Å². The molecule has 1 N–H and O–H groups in total. The number of aromatic nitrogens is 2. The van der Waals surface area contributed by atoms with Gasteiger partial charge in [-0.3, -0.25) is 4.79 Å². The monoisotopic (exact) mass is 354 g/mol. The van der Waals surface area contributed by atoms with Crippen LogP contribution in [0.15, 0.2) is 24.5 Å². The Morgan fingerprint density at radius 3 is 2.76 bits per heavy atom. The highest BCUT2D eigenvalue weighted by Gasteiger charge is 2.37. The van der Waals surface area contributed by atoms with Crippen molar-refractivity contribution in [2.45, 2.75) is 38.4 Å². The van der Waals surface area contributed by atoms with Gasteiger partial charge in [-0.2, -0.15) is 13.2 Å². The van der Waals surface area contributed by atoms with Gasteiger partial charge in [0.2, 0.25) is 5.91 Å². The first-order chi connectivity index (χ1) is 11.8. The van der Waals surface area contributed by atoms with Gasteiger partial charge < -0.3 is 14.6 Å². The van der Waals surface area contributed by atoms with E-state index < -0.39 is 18.6 Å². The average molecular weight is 354 g/mol. The molecule has 25 heavy (non-hydrogen) atoms. The fourth-order valence-corrected chi connectivity index (χ4v) is 3.28. The van der Waals surface area contributed by atoms with E-state index >= 15 is 0 Å². The molecule has 3 heterocycles. The van der Waals surface area contributed by atoms with Crippen molar-refractivity contribution in [2.24, 2.45) is 0 Å². The molecule has 1 aliphatic rings. The molecule has 0 aliphatic carbocycles. The lowest BCUT2D eigenvalue weighted by Gasteiger charge is -2.35. The minimum atomic E-state index is -4.41. The normalized spacial score (nSPS) is 16.3. The molecule has 0 atom stereocenters. The summed E-state index contributed by atoms with van der Waals surface area (Å²) in [6, 6.07) is 3.38. The fraction of sp³-hybridized carbons (Fsp3) is 0.529. The predicted octanol–water partition coefficient (Wildman–Crippen LogP) is 2.33. The largest absolute Gasteiger partial charge is 0.406 e. The molecule has 2 aromatic rings. The van der Waals surface area contributed by atoms with Crippen molar-refractivity contribution in [3.63, 3.8) is 0 Å². The van der Waals surface area contributed by atoms with Crippen molar-refractivity contribution in [1.29, 1.82) is 0 Å². The summed E-state index contributed by atoms with van der Waals surface area (Å²) in [6.07, 6.45) is 0.0490. The Morgan fingerprint density at radius 1 is 1.40 bits per heavy atom. The molecule has 1 fully saturated rings. The van der Waals surface area contributed by atoms with Crippen molar-refractivity contribution >= 4 is 11.6 Å². The molecule has 0 spiro atoms. The van der Waals surface area contributed by atoms with E-state index in [0.717, 1.165) is 16.1 Å². The van der Waals surface area contributed by atoms with Crippen molar-refractivity contribution in [2.75, 3.05) is 19.6 Å². The number of piperidine rings is 1. The molecule has 0 radical (unpaired) electrons. The summed E-state index contributed by atoms with van der Waals surface area (Å²) < 4.78 is 40.6. The number of carbonyl (C=O) groups is 1. The van der Waals surface area contributed by atoms with Crippen LogP contribution in [-0.2, 0) is 11.2 Å². The first-order valence-electron chi connectivity index (χ1n) is 8.33. The third kappa shape index (κ3) is 4.31. The van der Waals surface area contributed by atoms with Gasteiger partial charge in [0.15, 0.2) is 0 Å². The van der Waals surface area contributed by atoms with E-state index in [2.05, 4.69) is 10.3 Å². The van der Waals surface area contributed by atoms with Crippen LogP contribution in [0, 0.1) is 6.92 Å². The minimum absolute atomic E-state index is 0.124. The maximum Gasteiger partial charge on any atom is 0.406 e. The van der Waals surface area contributed by atoms with Crippen LogP contribution >= 0.6 is 0 Å². The number of hydrogen-bond donors (Lipinski definition) is 1. The summed E-state index contributed by atoms with van der Waals surface area (Å²) in [4.78, 5) is 18.0. The molecule has 0 saturated carbocycles. The smallest absolute Gasteiger partial charge is 0.330 e. The molecule has 0 aromatic carbocycles. The number of imidazole rings is 1. The molecule has 136 valence electrons. The molecule has 1 saturated heterocycles. The van der Waals surface area contributed by atoms with E-state index in [0.29, 0.717) is 31.6 Å². The van der Waals surface area contributed by atoms with E-state index in [1.165, 1.54) is 0 Å². The highest BCUT2D eigenvalue weighted by molar-refractivity contribution is 5.79.